The average Bonchev–Trinajstić information content (AvgIpc) is 2.83. The molecule has 4 rings (SSSR count). The number of nitrogens with zero attached hydrogens (tertiary/aromatic N) is 2. The van der Waals surface area contributed by atoms with Crippen LogP contribution in [-0.2, 0) is 26.0 Å². The number of benzene rings is 2. The minimum atomic E-state index is -3.74. The molecule has 1 atom stereocenters. The van der Waals surface area contributed by atoms with Gasteiger partial charge < -0.3 is 10.2 Å². The van der Waals surface area contributed by atoms with Gasteiger partial charge in [-0.1, -0.05) is 6.07 Å². The number of hydrogen-bond donors (Lipinski definition) is 1. The number of hydrogen-bond acceptors (Lipinski definition) is 5. The van der Waals surface area contributed by atoms with Crippen molar-refractivity contribution in [2.75, 3.05) is 36.1 Å². The van der Waals surface area contributed by atoms with Crippen molar-refractivity contribution in [1.29, 1.82) is 0 Å². The summed E-state index contributed by atoms with van der Waals surface area (Å²) in [5.41, 5.74) is 2.38. The van der Waals surface area contributed by atoms with Gasteiger partial charge in [-0.2, -0.15) is 4.31 Å². The Hall–Kier alpha value is -2.36. The van der Waals surface area contributed by atoms with Gasteiger partial charge in [0.2, 0.25) is 21.8 Å². The lowest BCUT2D eigenvalue weighted by molar-refractivity contribution is -0.121. The quantitative estimate of drug-likeness (QED) is 0.649. The minimum Gasteiger partial charge on any atom is -0.326 e. The van der Waals surface area contributed by atoms with E-state index in [9.17, 15) is 18.0 Å². The third-order valence-electron chi connectivity index (χ3n) is 6.28. The fraction of sp³-hybridized carbons (Fsp3) is 0.417. The third-order valence-corrected chi connectivity index (χ3v) is 8.87. The summed E-state index contributed by atoms with van der Waals surface area (Å²) >= 11 is 1.60. The maximum atomic E-state index is 13.4. The van der Waals surface area contributed by atoms with Crippen LogP contribution >= 0.6 is 11.8 Å². The zero-order valence-electron chi connectivity index (χ0n) is 18.9. The van der Waals surface area contributed by atoms with E-state index in [0.29, 0.717) is 25.9 Å². The number of anilines is 2. The van der Waals surface area contributed by atoms with Crippen LogP contribution in [0.1, 0.15) is 31.7 Å². The maximum absolute atomic E-state index is 13.4. The number of sulfonamides is 1. The van der Waals surface area contributed by atoms with E-state index in [1.165, 1.54) is 11.2 Å². The molecular weight excluding hydrogens is 458 g/mol. The van der Waals surface area contributed by atoms with E-state index < -0.39 is 15.9 Å². The molecule has 2 aromatic carbocycles. The summed E-state index contributed by atoms with van der Waals surface area (Å²) in [6.45, 7) is 2.73. The highest BCUT2D eigenvalue weighted by atomic mass is 32.2. The Balaban J connectivity index is 1.50. The minimum absolute atomic E-state index is 0.0421. The van der Waals surface area contributed by atoms with Crippen molar-refractivity contribution in [3.05, 3.63) is 48.0 Å². The molecule has 1 saturated heterocycles. The first-order chi connectivity index (χ1) is 15.8. The van der Waals surface area contributed by atoms with Crippen LogP contribution in [0.2, 0.25) is 0 Å². The molecule has 2 aliphatic rings. The molecule has 7 nitrogen and oxygen atoms in total. The Kier molecular flexibility index (Phi) is 7.11. The van der Waals surface area contributed by atoms with Gasteiger partial charge in [0.1, 0.15) is 0 Å². The van der Waals surface area contributed by atoms with Gasteiger partial charge in [-0.05, 0) is 73.9 Å². The molecule has 0 saturated carbocycles. The summed E-state index contributed by atoms with van der Waals surface area (Å²) in [5.74, 6) is -0.604. The summed E-state index contributed by atoms with van der Waals surface area (Å²) in [7, 11) is -3.74. The van der Waals surface area contributed by atoms with E-state index >= 15 is 0 Å². The molecule has 0 aliphatic carbocycles. The lowest BCUT2D eigenvalue weighted by Crippen LogP contribution is -2.43. The Morgan fingerprint density at radius 1 is 1.09 bits per heavy atom. The number of aryl methyl sites for hydroxylation is 1. The van der Waals surface area contributed by atoms with Crippen molar-refractivity contribution in [1.82, 2.24) is 4.31 Å². The first-order valence-electron chi connectivity index (χ1n) is 11.2. The van der Waals surface area contributed by atoms with Gasteiger partial charge in [0, 0.05) is 42.8 Å². The summed E-state index contributed by atoms with van der Waals surface area (Å²) in [5, 5.41) is 2.94. The summed E-state index contributed by atoms with van der Waals surface area (Å²) in [6.07, 6.45) is 4.80. The normalized spacial score (nSPS) is 19.1. The van der Waals surface area contributed by atoms with Crippen LogP contribution < -0.4 is 10.2 Å². The first-order valence-corrected chi connectivity index (χ1v) is 13.8. The molecular formula is C24H29N3O4S2. The number of carbonyl (C=O) groups excluding carboxylic acids is 2. The Morgan fingerprint density at radius 2 is 1.91 bits per heavy atom. The predicted molar refractivity (Wildman–Crippen MR) is 131 cm³/mol. The van der Waals surface area contributed by atoms with Gasteiger partial charge in [-0.3, -0.25) is 9.59 Å². The molecule has 1 N–H and O–H groups in total. The number of thioether (sulfide) groups is 1. The molecule has 176 valence electrons. The number of amides is 2. The lowest BCUT2D eigenvalue weighted by Gasteiger charge is -2.32. The van der Waals surface area contributed by atoms with Gasteiger partial charge in [0.05, 0.1) is 10.8 Å². The molecule has 0 unspecified atom stereocenters. The van der Waals surface area contributed by atoms with Crippen molar-refractivity contribution in [2.24, 2.45) is 5.92 Å². The fourth-order valence-electron chi connectivity index (χ4n) is 4.53. The van der Waals surface area contributed by atoms with Gasteiger partial charge in [0.25, 0.3) is 0 Å². The smallest absolute Gasteiger partial charge is 0.243 e. The Bertz CT molecular complexity index is 1170. The van der Waals surface area contributed by atoms with Crippen molar-refractivity contribution in [3.63, 3.8) is 0 Å². The van der Waals surface area contributed by atoms with E-state index in [1.807, 2.05) is 30.5 Å². The highest BCUT2D eigenvalue weighted by Crippen LogP contribution is 2.32. The molecule has 2 heterocycles. The topological polar surface area (TPSA) is 86.8 Å². The summed E-state index contributed by atoms with van der Waals surface area (Å²) in [6, 6.07) is 12.6. The van der Waals surface area contributed by atoms with Crippen LogP contribution in [0.4, 0.5) is 11.4 Å². The maximum Gasteiger partial charge on any atom is 0.243 e. The van der Waals surface area contributed by atoms with Gasteiger partial charge in [0.15, 0.2) is 0 Å². The van der Waals surface area contributed by atoms with E-state index in [2.05, 4.69) is 5.32 Å². The highest BCUT2D eigenvalue weighted by molar-refractivity contribution is 7.98. The molecule has 2 aliphatic heterocycles. The fourth-order valence-corrected chi connectivity index (χ4v) is 6.56. The number of carbonyl (C=O) groups is 2. The first kappa shape index (κ1) is 23.8. The van der Waals surface area contributed by atoms with E-state index in [4.69, 9.17) is 0 Å². The van der Waals surface area contributed by atoms with E-state index in [1.54, 1.807) is 34.9 Å². The number of piperidine rings is 1. The second-order valence-electron chi connectivity index (χ2n) is 8.49. The number of rotatable bonds is 5. The van der Waals surface area contributed by atoms with Crippen LogP contribution in [-0.4, -0.2) is 50.4 Å². The van der Waals surface area contributed by atoms with Gasteiger partial charge in [-0.25, -0.2) is 8.42 Å². The number of nitrogens with one attached hydrogen (secondary N) is 1. The average molecular weight is 488 g/mol. The van der Waals surface area contributed by atoms with Crippen molar-refractivity contribution >= 4 is 45.0 Å². The molecule has 0 bridgehead atoms. The number of fused-ring (bicyclic) bond motifs is 1. The lowest BCUT2D eigenvalue weighted by atomic mass is 9.99. The van der Waals surface area contributed by atoms with E-state index in [0.717, 1.165) is 34.7 Å². The van der Waals surface area contributed by atoms with E-state index in [-0.39, 0.29) is 23.3 Å². The van der Waals surface area contributed by atoms with Crippen LogP contribution in [0.3, 0.4) is 0 Å². The Morgan fingerprint density at radius 3 is 2.67 bits per heavy atom. The second kappa shape index (κ2) is 9.87. The zero-order chi connectivity index (χ0) is 23.6. The van der Waals surface area contributed by atoms with Crippen LogP contribution in [0.5, 0.6) is 0 Å². The molecule has 9 heteroatoms. The molecule has 0 spiro atoms. The SMILES string of the molecule is CSc1cccc(NC(=O)[C@@H]2CCCN(S(=O)(=O)c3ccc4c(c3)CCCN4C(C)=O)C2)c1. The molecule has 0 radical (unpaired) electrons. The predicted octanol–water partition coefficient (Wildman–Crippen LogP) is 3.75. The van der Waals surface area contributed by atoms with Crippen LogP contribution in [0.15, 0.2) is 52.3 Å². The largest absolute Gasteiger partial charge is 0.326 e. The zero-order valence-corrected chi connectivity index (χ0v) is 20.5. The second-order valence-corrected chi connectivity index (χ2v) is 11.3. The monoisotopic (exact) mass is 487 g/mol. The molecule has 2 aromatic rings. The standard InChI is InChI=1S/C24H29N3O4S2/c1-17(28)27-13-5-6-18-14-22(10-11-23(18)27)33(30,31)26-12-4-7-19(16-26)24(29)25-20-8-3-9-21(15-20)32-2/h3,8-11,14-15,19H,4-7,12-13,16H2,1-2H3,(H,25,29)/t19-/m1/s1. The van der Waals surface area contributed by atoms with Crippen LogP contribution in [0.25, 0.3) is 0 Å². The van der Waals surface area contributed by atoms with Crippen molar-refractivity contribution in [2.45, 2.75) is 42.4 Å². The van der Waals surface area contributed by atoms with Gasteiger partial charge >= 0.3 is 0 Å². The molecule has 2 amide bonds. The van der Waals surface area contributed by atoms with Gasteiger partial charge in [-0.15, -0.1) is 11.8 Å². The molecule has 0 aromatic heterocycles. The molecule has 1 fully saturated rings. The third kappa shape index (κ3) is 5.10. The molecule has 33 heavy (non-hydrogen) atoms. The van der Waals surface area contributed by atoms with Crippen molar-refractivity contribution < 1.29 is 18.0 Å². The Labute approximate surface area is 199 Å². The van der Waals surface area contributed by atoms with Crippen molar-refractivity contribution in [3.8, 4) is 0 Å². The summed E-state index contributed by atoms with van der Waals surface area (Å²) in [4.78, 5) is 27.8. The highest BCUT2D eigenvalue weighted by Gasteiger charge is 2.34. The summed E-state index contributed by atoms with van der Waals surface area (Å²) < 4.78 is 28.2. The van der Waals surface area contributed by atoms with Crippen LogP contribution in [0, 0.1) is 5.92 Å².